The van der Waals surface area contributed by atoms with Gasteiger partial charge < -0.3 is 15.6 Å². The molecule has 0 aromatic carbocycles. The highest BCUT2D eigenvalue weighted by Gasteiger charge is 2.46. The van der Waals surface area contributed by atoms with Gasteiger partial charge in [-0.3, -0.25) is 0 Å². The fraction of sp³-hybridized carbons (Fsp3) is 0.556. The molecule has 2 heterocycles. The molecular weight excluding hydrogens is 222 g/mol. The first-order valence-electron chi connectivity index (χ1n) is 4.39. The van der Waals surface area contributed by atoms with E-state index in [1.807, 2.05) is 12.1 Å². The van der Waals surface area contributed by atoms with Gasteiger partial charge in [0.05, 0.1) is 29.6 Å². The van der Waals surface area contributed by atoms with Gasteiger partial charge in [-0.2, -0.15) is 0 Å². The summed E-state index contributed by atoms with van der Waals surface area (Å²) in [7, 11) is 0. The number of ether oxygens (including phenoxy) is 1. The van der Waals surface area contributed by atoms with Gasteiger partial charge in [0.1, 0.15) is 0 Å². The van der Waals surface area contributed by atoms with Crippen molar-refractivity contribution in [3.63, 3.8) is 0 Å². The van der Waals surface area contributed by atoms with Gasteiger partial charge in [0.25, 0.3) is 0 Å². The second kappa shape index (κ2) is 3.79. The number of nitrogens with two attached hydrogens (primary N) is 1. The van der Waals surface area contributed by atoms with Crippen molar-refractivity contribution in [2.75, 3.05) is 19.8 Å². The largest absolute Gasteiger partial charge is 0.395 e. The first-order chi connectivity index (χ1) is 6.69. The van der Waals surface area contributed by atoms with Crippen molar-refractivity contribution in [1.29, 1.82) is 0 Å². The topological polar surface area (TPSA) is 55.5 Å². The Hall–Kier alpha value is -0.130. The van der Waals surface area contributed by atoms with Crippen LogP contribution in [-0.2, 0) is 10.2 Å². The molecule has 1 aromatic heterocycles. The minimum absolute atomic E-state index is 0.0289. The first kappa shape index (κ1) is 10.4. The fourth-order valence-corrected chi connectivity index (χ4v) is 2.88. The molecular formula is C9H12ClNO2S. The predicted molar refractivity (Wildman–Crippen MR) is 56.9 cm³/mol. The summed E-state index contributed by atoms with van der Waals surface area (Å²) in [5, 5.41) is 9.09. The Bertz CT molecular complexity index is 324. The van der Waals surface area contributed by atoms with E-state index in [9.17, 15) is 0 Å². The monoisotopic (exact) mass is 233 g/mol. The average Bonchev–Trinajstić information content (AvgIpc) is 2.50. The Balaban J connectivity index is 2.28. The zero-order chi connectivity index (χ0) is 10.2. The van der Waals surface area contributed by atoms with Crippen LogP contribution in [0.5, 0.6) is 0 Å². The van der Waals surface area contributed by atoms with Crippen LogP contribution >= 0.6 is 22.9 Å². The lowest BCUT2D eigenvalue weighted by Crippen LogP contribution is -2.59. The number of thiophene rings is 1. The summed E-state index contributed by atoms with van der Waals surface area (Å²) in [5.74, 6) is 0. The molecule has 3 N–H and O–H groups in total. The van der Waals surface area contributed by atoms with Gasteiger partial charge in [-0.1, -0.05) is 11.6 Å². The molecule has 1 atom stereocenters. The number of aliphatic hydroxyl groups excluding tert-OH is 1. The molecule has 0 saturated carbocycles. The van der Waals surface area contributed by atoms with Gasteiger partial charge in [0.2, 0.25) is 0 Å². The van der Waals surface area contributed by atoms with Gasteiger partial charge >= 0.3 is 0 Å². The molecule has 1 saturated heterocycles. The molecule has 3 nitrogen and oxygen atoms in total. The van der Waals surface area contributed by atoms with Crippen LogP contribution in [0.3, 0.4) is 0 Å². The van der Waals surface area contributed by atoms with Crippen LogP contribution in [0.15, 0.2) is 12.1 Å². The zero-order valence-corrected chi connectivity index (χ0v) is 9.14. The molecule has 2 rings (SSSR count). The third-order valence-electron chi connectivity index (χ3n) is 2.69. The van der Waals surface area contributed by atoms with E-state index >= 15 is 0 Å². The maximum atomic E-state index is 9.09. The maximum Gasteiger partial charge on any atom is 0.0931 e. The zero-order valence-electron chi connectivity index (χ0n) is 7.57. The second-order valence-corrected chi connectivity index (χ2v) is 5.26. The van der Waals surface area contributed by atoms with E-state index in [4.69, 9.17) is 27.2 Å². The van der Waals surface area contributed by atoms with Crippen molar-refractivity contribution >= 4 is 22.9 Å². The normalized spacial score (nSPS) is 21.6. The molecule has 1 unspecified atom stereocenters. The van der Waals surface area contributed by atoms with Crippen LogP contribution in [0, 0.1) is 0 Å². The molecule has 0 amide bonds. The number of halogens is 1. The van der Waals surface area contributed by atoms with Crippen molar-refractivity contribution in [1.82, 2.24) is 0 Å². The van der Waals surface area contributed by atoms with Gasteiger partial charge in [-0.05, 0) is 12.1 Å². The second-order valence-electron chi connectivity index (χ2n) is 3.54. The summed E-state index contributed by atoms with van der Waals surface area (Å²) >= 11 is 7.38. The molecule has 0 radical (unpaired) electrons. The van der Waals surface area contributed by atoms with Crippen LogP contribution in [0.4, 0.5) is 0 Å². The smallest absolute Gasteiger partial charge is 0.0931 e. The van der Waals surface area contributed by atoms with Crippen molar-refractivity contribution in [2.45, 2.75) is 11.5 Å². The molecule has 5 heteroatoms. The van der Waals surface area contributed by atoms with Gasteiger partial charge in [-0.25, -0.2) is 0 Å². The molecule has 1 aliphatic heterocycles. The van der Waals surface area contributed by atoms with Gasteiger partial charge in [0, 0.05) is 10.9 Å². The van der Waals surface area contributed by atoms with E-state index in [1.165, 1.54) is 11.3 Å². The molecule has 1 aromatic rings. The lowest BCUT2D eigenvalue weighted by Gasteiger charge is -2.44. The lowest BCUT2D eigenvalue weighted by molar-refractivity contribution is -0.0779. The third kappa shape index (κ3) is 1.47. The highest BCUT2D eigenvalue weighted by Crippen LogP contribution is 2.40. The van der Waals surface area contributed by atoms with Crippen LogP contribution in [0.1, 0.15) is 4.88 Å². The summed E-state index contributed by atoms with van der Waals surface area (Å²) < 4.78 is 5.94. The van der Waals surface area contributed by atoms with Crippen LogP contribution in [-0.4, -0.2) is 31.0 Å². The molecule has 0 bridgehead atoms. The van der Waals surface area contributed by atoms with E-state index in [2.05, 4.69) is 0 Å². The lowest BCUT2D eigenvalue weighted by atomic mass is 9.77. The first-order valence-corrected chi connectivity index (χ1v) is 5.58. The SMILES string of the molecule is NC(CO)C1(c2ccc(Cl)s2)COC1. The number of aliphatic hydroxyl groups is 1. The van der Waals surface area contributed by atoms with E-state index in [0.29, 0.717) is 13.2 Å². The van der Waals surface area contributed by atoms with Crippen molar-refractivity contribution in [2.24, 2.45) is 5.73 Å². The molecule has 14 heavy (non-hydrogen) atoms. The van der Waals surface area contributed by atoms with Crippen molar-refractivity contribution in [3.05, 3.63) is 21.3 Å². The van der Waals surface area contributed by atoms with E-state index in [0.717, 1.165) is 9.21 Å². The molecule has 1 aliphatic rings. The Morgan fingerprint density at radius 3 is 2.71 bits per heavy atom. The van der Waals surface area contributed by atoms with Gasteiger partial charge in [-0.15, -0.1) is 11.3 Å². The van der Waals surface area contributed by atoms with Crippen LogP contribution in [0.2, 0.25) is 4.34 Å². The fourth-order valence-electron chi connectivity index (χ4n) is 1.62. The predicted octanol–water partition coefficient (Wildman–Crippen LogP) is 0.989. The van der Waals surface area contributed by atoms with Crippen LogP contribution < -0.4 is 5.73 Å². The van der Waals surface area contributed by atoms with E-state index < -0.39 is 0 Å². The van der Waals surface area contributed by atoms with Crippen molar-refractivity contribution < 1.29 is 9.84 Å². The molecule has 0 aliphatic carbocycles. The minimum atomic E-state index is -0.272. The van der Waals surface area contributed by atoms with Gasteiger partial charge in [0.15, 0.2) is 0 Å². The number of rotatable bonds is 3. The number of hydrogen-bond acceptors (Lipinski definition) is 4. The summed E-state index contributed by atoms with van der Waals surface area (Å²) in [6.45, 7) is 1.12. The summed E-state index contributed by atoms with van der Waals surface area (Å²) in [6.07, 6.45) is 0. The number of hydrogen-bond donors (Lipinski definition) is 2. The van der Waals surface area contributed by atoms with E-state index in [1.54, 1.807) is 0 Å². The van der Waals surface area contributed by atoms with E-state index in [-0.39, 0.29) is 18.1 Å². The third-order valence-corrected chi connectivity index (χ3v) is 4.14. The van der Waals surface area contributed by atoms with Crippen LogP contribution in [0.25, 0.3) is 0 Å². The summed E-state index contributed by atoms with van der Waals surface area (Å²) in [5.41, 5.74) is 5.67. The average molecular weight is 234 g/mol. The van der Waals surface area contributed by atoms with Crippen molar-refractivity contribution in [3.8, 4) is 0 Å². The maximum absolute atomic E-state index is 9.09. The standard InChI is InChI=1S/C9H12ClNO2S/c10-8-2-1-7(14-8)9(4-13-5-9)6(11)3-12/h1-2,6,12H,3-5,11H2. The Labute approximate surface area is 91.4 Å². The molecule has 0 spiro atoms. The Morgan fingerprint density at radius 2 is 2.36 bits per heavy atom. The molecule has 78 valence electrons. The minimum Gasteiger partial charge on any atom is -0.395 e. The quantitative estimate of drug-likeness (QED) is 0.819. The summed E-state index contributed by atoms with van der Waals surface area (Å²) in [6, 6.07) is 3.54. The Kier molecular flexibility index (Phi) is 2.81. The highest BCUT2D eigenvalue weighted by atomic mass is 35.5. The Morgan fingerprint density at radius 1 is 1.64 bits per heavy atom. The molecule has 1 fully saturated rings. The highest BCUT2D eigenvalue weighted by molar-refractivity contribution is 7.16. The summed E-state index contributed by atoms with van der Waals surface area (Å²) in [4.78, 5) is 1.11.